The van der Waals surface area contributed by atoms with Gasteiger partial charge in [0.1, 0.15) is 5.82 Å². The van der Waals surface area contributed by atoms with Crippen LogP contribution in [-0.2, 0) is 11.8 Å². The largest absolute Gasteiger partial charge is 0.325 e. The van der Waals surface area contributed by atoms with Gasteiger partial charge in [-0.25, -0.2) is 0 Å². The molecule has 1 aliphatic carbocycles. The van der Waals surface area contributed by atoms with Crippen LogP contribution in [0.2, 0.25) is 5.02 Å². The van der Waals surface area contributed by atoms with E-state index in [4.69, 9.17) is 11.6 Å². The number of hydrogen-bond donors (Lipinski definition) is 1. The van der Waals surface area contributed by atoms with Crippen LogP contribution in [0.4, 0.5) is 5.69 Å². The van der Waals surface area contributed by atoms with Crippen LogP contribution in [0.25, 0.3) is 0 Å². The van der Waals surface area contributed by atoms with Gasteiger partial charge in [-0.3, -0.25) is 4.79 Å². The van der Waals surface area contributed by atoms with Crippen LogP contribution >= 0.6 is 23.4 Å². The fourth-order valence-corrected chi connectivity index (χ4v) is 3.29. The van der Waals surface area contributed by atoms with Crippen molar-refractivity contribution in [2.24, 2.45) is 7.05 Å². The standard InChI is InChI=1S/C16H19ClN4OS/c1-9-4-7-12(17)8-13(9)18-15(22)10(2)23-16-20-19-14(21(16)3)11-5-6-11/h4,7-8,10-11H,5-6H2,1-3H3,(H,18,22)/t10-/m1/s1. The second-order valence-electron chi connectivity index (χ2n) is 5.88. The summed E-state index contributed by atoms with van der Waals surface area (Å²) in [6, 6.07) is 5.46. The zero-order valence-corrected chi connectivity index (χ0v) is 14.9. The van der Waals surface area contributed by atoms with Gasteiger partial charge in [0.2, 0.25) is 5.91 Å². The van der Waals surface area contributed by atoms with Gasteiger partial charge in [-0.15, -0.1) is 10.2 Å². The Morgan fingerprint density at radius 3 is 2.87 bits per heavy atom. The molecule has 7 heteroatoms. The molecule has 122 valence electrons. The van der Waals surface area contributed by atoms with Crippen LogP contribution in [0.5, 0.6) is 0 Å². The summed E-state index contributed by atoms with van der Waals surface area (Å²) in [5, 5.41) is 12.5. The predicted octanol–water partition coefficient (Wildman–Crippen LogP) is 3.77. The third-order valence-electron chi connectivity index (χ3n) is 3.92. The molecule has 0 saturated heterocycles. The zero-order chi connectivity index (χ0) is 16.6. The normalized spacial score (nSPS) is 15.5. The molecule has 1 heterocycles. The van der Waals surface area contributed by atoms with Crippen molar-refractivity contribution in [1.82, 2.24) is 14.8 Å². The van der Waals surface area contributed by atoms with Crippen molar-refractivity contribution < 1.29 is 4.79 Å². The third-order valence-corrected chi connectivity index (χ3v) is 5.29. The number of rotatable bonds is 5. The van der Waals surface area contributed by atoms with Crippen molar-refractivity contribution >= 4 is 35.0 Å². The highest BCUT2D eigenvalue weighted by atomic mass is 35.5. The van der Waals surface area contributed by atoms with Crippen molar-refractivity contribution in [3.63, 3.8) is 0 Å². The van der Waals surface area contributed by atoms with E-state index in [1.165, 1.54) is 24.6 Å². The molecule has 2 aromatic rings. The number of carbonyl (C=O) groups is 1. The van der Waals surface area contributed by atoms with Gasteiger partial charge in [0.15, 0.2) is 5.16 Å². The number of aromatic nitrogens is 3. The molecule has 1 N–H and O–H groups in total. The summed E-state index contributed by atoms with van der Waals surface area (Å²) in [5.74, 6) is 1.49. The minimum Gasteiger partial charge on any atom is -0.325 e. The first-order chi connectivity index (χ1) is 11.0. The predicted molar refractivity (Wildman–Crippen MR) is 93.1 cm³/mol. The molecule has 1 fully saturated rings. The molecule has 1 saturated carbocycles. The highest BCUT2D eigenvalue weighted by Gasteiger charge is 2.30. The number of nitrogens with zero attached hydrogens (tertiary/aromatic N) is 3. The first-order valence-corrected chi connectivity index (χ1v) is 8.84. The molecule has 5 nitrogen and oxygen atoms in total. The van der Waals surface area contributed by atoms with Crippen molar-refractivity contribution in [2.75, 3.05) is 5.32 Å². The SMILES string of the molecule is Cc1ccc(Cl)cc1NC(=O)[C@@H](C)Sc1nnc(C2CC2)n1C. The maximum atomic E-state index is 12.4. The van der Waals surface area contributed by atoms with Crippen molar-refractivity contribution in [1.29, 1.82) is 0 Å². The third kappa shape index (κ3) is 3.70. The fraction of sp³-hybridized carbons (Fsp3) is 0.438. The van der Waals surface area contributed by atoms with Gasteiger partial charge in [0.25, 0.3) is 0 Å². The summed E-state index contributed by atoms with van der Waals surface area (Å²) in [4.78, 5) is 12.4. The zero-order valence-electron chi connectivity index (χ0n) is 13.3. The van der Waals surface area contributed by atoms with E-state index < -0.39 is 0 Å². The van der Waals surface area contributed by atoms with Crippen LogP contribution < -0.4 is 5.32 Å². The van der Waals surface area contributed by atoms with E-state index in [1.807, 2.05) is 37.6 Å². The van der Waals surface area contributed by atoms with Crippen molar-refractivity contribution in [2.45, 2.75) is 43.0 Å². The van der Waals surface area contributed by atoms with Crippen LogP contribution in [0.1, 0.15) is 37.1 Å². The van der Waals surface area contributed by atoms with Gasteiger partial charge < -0.3 is 9.88 Å². The number of carbonyl (C=O) groups excluding carboxylic acids is 1. The first-order valence-electron chi connectivity index (χ1n) is 7.58. The van der Waals surface area contributed by atoms with Gasteiger partial charge in [-0.1, -0.05) is 29.4 Å². The maximum Gasteiger partial charge on any atom is 0.237 e. The second kappa shape index (κ2) is 6.53. The number of halogens is 1. The smallest absolute Gasteiger partial charge is 0.237 e. The number of aryl methyl sites for hydroxylation is 1. The van der Waals surface area contributed by atoms with Crippen molar-refractivity contribution in [3.05, 3.63) is 34.6 Å². The summed E-state index contributed by atoms with van der Waals surface area (Å²) in [6.45, 7) is 3.81. The number of hydrogen-bond acceptors (Lipinski definition) is 4. The van der Waals surface area contributed by atoms with E-state index in [9.17, 15) is 4.79 Å². The van der Waals surface area contributed by atoms with Crippen LogP contribution in [0.15, 0.2) is 23.4 Å². The molecule has 0 unspecified atom stereocenters. The quantitative estimate of drug-likeness (QED) is 0.834. The number of benzene rings is 1. The minimum absolute atomic E-state index is 0.0728. The van der Waals surface area contributed by atoms with E-state index in [-0.39, 0.29) is 11.2 Å². The molecule has 1 aromatic carbocycles. The summed E-state index contributed by atoms with van der Waals surface area (Å²) in [5.41, 5.74) is 1.72. The Labute approximate surface area is 144 Å². The maximum absolute atomic E-state index is 12.4. The molecule has 1 atom stereocenters. The monoisotopic (exact) mass is 350 g/mol. The average Bonchev–Trinajstić information content (AvgIpc) is 3.29. The molecule has 3 rings (SSSR count). The van der Waals surface area contributed by atoms with Gasteiger partial charge in [-0.05, 0) is 44.4 Å². The molecule has 1 aliphatic rings. The molecular weight excluding hydrogens is 332 g/mol. The lowest BCUT2D eigenvalue weighted by Crippen LogP contribution is -2.23. The van der Waals surface area contributed by atoms with Gasteiger partial charge >= 0.3 is 0 Å². The molecule has 1 aromatic heterocycles. The molecule has 0 spiro atoms. The number of anilines is 1. The summed E-state index contributed by atoms with van der Waals surface area (Å²) >= 11 is 7.41. The summed E-state index contributed by atoms with van der Waals surface area (Å²) in [7, 11) is 1.96. The van der Waals surface area contributed by atoms with Gasteiger partial charge in [0.05, 0.1) is 5.25 Å². The second-order valence-corrected chi connectivity index (χ2v) is 7.63. The molecule has 1 amide bonds. The van der Waals surface area contributed by atoms with Crippen LogP contribution in [0.3, 0.4) is 0 Å². The van der Waals surface area contributed by atoms with E-state index in [0.29, 0.717) is 10.9 Å². The Bertz CT molecular complexity index is 742. The summed E-state index contributed by atoms with van der Waals surface area (Å²) in [6.07, 6.45) is 2.36. The van der Waals surface area contributed by atoms with Gasteiger partial charge in [0, 0.05) is 23.7 Å². The Kier molecular flexibility index (Phi) is 4.64. The Hall–Kier alpha value is -1.53. The van der Waals surface area contributed by atoms with E-state index in [2.05, 4.69) is 15.5 Å². The highest BCUT2D eigenvalue weighted by Crippen LogP contribution is 2.39. The molecule has 0 bridgehead atoms. The summed E-state index contributed by atoms with van der Waals surface area (Å²) < 4.78 is 2.00. The average molecular weight is 351 g/mol. The van der Waals surface area contributed by atoms with Crippen LogP contribution in [-0.4, -0.2) is 25.9 Å². The molecule has 23 heavy (non-hydrogen) atoms. The van der Waals surface area contributed by atoms with Gasteiger partial charge in [-0.2, -0.15) is 0 Å². The lowest BCUT2D eigenvalue weighted by atomic mass is 10.2. The van der Waals surface area contributed by atoms with E-state index in [1.54, 1.807) is 6.07 Å². The first kappa shape index (κ1) is 16.3. The topological polar surface area (TPSA) is 59.8 Å². The van der Waals surface area contributed by atoms with E-state index >= 15 is 0 Å². The van der Waals surface area contributed by atoms with Crippen molar-refractivity contribution in [3.8, 4) is 0 Å². The Morgan fingerprint density at radius 2 is 2.17 bits per heavy atom. The van der Waals surface area contributed by atoms with E-state index in [0.717, 1.165) is 22.2 Å². The number of nitrogens with one attached hydrogen (secondary N) is 1. The highest BCUT2D eigenvalue weighted by molar-refractivity contribution is 8.00. The molecule has 0 aliphatic heterocycles. The Morgan fingerprint density at radius 1 is 1.43 bits per heavy atom. The Balaban J connectivity index is 1.66. The number of thioether (sulfide) groups is 1. The minimum atomic E-state index is -0.275. The lowest BCUT2D eigenvalue weighted by Gasteiger charge is -2.13. The lowest BCUT2D eigenvalue weighted by molar-refractivity contribution is -0.115. The molecular formula is C16H19ClN4OS. The number of amides is 1. The van der Waals surface area contributed by atoms with Crippen LogP contribution in [0, 0.1) is 6.92 Å². The fourth-order valence-electron chi connectivity index (χ4n) is 2.30. The molecule has 0 radical (unpaired) electrons.